The number of aliphatic imine (C=N–C) groups is 1. The summed E-state index contributed by atoms with van der Waals surface area (Å²) in [5, 5.41) is 0. The van der Waals surface area contributed by atoms with E-state index >= 15 is 0 Å². The summed E-state index contributed by atoms with van der Waals surface area (Å²) in [5.41, 5.74) is 0. The molecule has 0 N–H and O–H groups in total. The molecule has 0 bridgehead atoms. The lowest BCUT2D eigenvalue weighted by molar-refractivity contribution is -0.355. The fourth-order valence-corrected chi connectivity index (χ4v) is 0.976. The molecule has 0 aliphatic carbocycles. The van der Waals surface area contributed by atoms with Crippen LogP contribution in [0.25, 0.3) is 0 Å². The van der Waals surface area contributed by atoms with Crippen LogP contribution in [-0.2, 0) is 19.0 Å². The molecule has 0 fully saturated rings. The summed E-state index contributed by atoms with van der Waals surface area (Å²) in [6.45, 7) is 0.404. The van der Waals surface area contributed by atoms with Gasteiger partial charge in [-0.1, -0.05) is 0 Å². The van der Waals surface area contributed by atoms with E-state index < -0.39 is 5.97 Å². The standard InChI is InChI=1S/C8H15NO4/c1-11-8(12-2,13-3)5-4-6-9-7-10/h4-6H2,1-3H3. The molecule has 5 heteroatoms. The molecule has 0 aromatic carbocycles. The average Bonchev–Trinajstić information content (AvgIpc) is 2.20. The number of methoxy groups -OCH3 is 3. The average molecular weight is 189 g/mol. The molecule has 0 spiro atoms. The molecule has 0 rings (SSSR count). The molecule has 0 aromatic heterocycles. The van der Waals surface area contributed by atoms with Gasteiger partial charge in [0.15, 0.2) is 0 Å². The molecule has 0 aliphatic heterocycles. The summed E-state index contributed by atoms with van der Waals surface area (Å²) < 4.78 is 15.1. The van der Waals surface area contributed by atoms with Gasteiger partial charge in [-0.05, 0) is 6.42 Å². The van der Waals surface area contributed by atoms with E-state index in [4.69, 9.17) is 14.2 Å². The normalized spacial score (nSPS) is 11.0. The van der Waals surface area contributed by atoms with Gasteiger partial charge in [-0.15, -0.1) is 0 Å². The van der Waals surface area contributed by atoms with Crippen molar-refractivity contribution in [1.29, 1.82) is 0 Å². The van der Waals surface area contributed by atoms with Crippen LogP contribution in [0, 0.1) is 0 Å². The summed E-state index contributed by atoms with van der Waals surface area (Å²) >= 11 is 0. The topological polar surface area (TPSA) is 57.1 Å². The van der Waals surface area contributed by atoms with Crippen molar-refractivity contribution in [3.05, 3.63) is 0 Å². The third-order valence-corrected chi connectivity index (χ3v) is 1.75. The lowest BCUT2D eigenvalue weighted by Gasteiger charge is -2.28. The van der Waals surface area contributed by atoms with Gasteiger partial charge in [0.25, 0.3) is 5.97 Å². The second kappa shape index (κ2) is 6.74. The van der Waals surface area contributed by atoms with Gasteiger partial charge in [0.1, 0.15) is 0 Å². The van der Waals surface area contributed by atoms with Crippen LogP contribution < -0.4 is 0 Å². The highest BCUT2D eigenvalue weighted by Crippen LogP contribution is 2.18. The fourth-order valence-electron chi connectivity index (χ4n) is 0.976. The van der Waals surface area contributed by atoms with Crippen LogP contribution in [0.1, 0.15) is 12.8 Å². The van der Waals surface area contributed by atoms with Gasteiger partial charge in [0.2, 0.25) is 6.08 Å². The van der Waals surface area contributed by atoms with Gasteiger partial charge in [0, 0.05) is 27.8 Å². The summed E-state index contributed by atoms with van der Waals surface area (Å²) in [5.74, 6) is -1.02. The van der Waals surface area contributed by atoms with Crippen LogP contribution in [0.5, 0.6) is 0 Å². The summed E-state index contributed by atoms with van der Waals surface area (Å²) in [6.07, 6.45) is 2.62. The first-order valence-corrected chi connectivity index (χ1v) is 3.93. The summed E-state index contributed by atoms with van der Waals surface area (Å²) in [4.78, 5) is 13.2. The highest BCUT2D eigenvalue weighted by Gasteiger charge is 2.28. The maximum Gasteiger partial charge on any atom is 0.282 e. The molecular formula is C8H15NO4. The first-order chi connectivity index (χ1) is 6.24. The minimum absolute atomic E-state index is 0.404. The number of hydrogen-bond acceptors (Lipinski definition) is 5. The number of rotatable bonds is 7. The van der Waals surface area contributed by atoms with Crippen LogP contribution in [0.4, 0.5) is 0 Å². The molecule has 0 unspecified atom stereocenters. The second-order valence-corrected chi connectivity index (χ2v) is 2.37. The van der Waals surface area contributed by atoms with Crippen LogP contribution in [0.2, 0.25) is 0 Å². The van der Waals surface area contributed by atoms with Crippen molar-refractivity contribution in [2.24, 2.45) is 4.99 Å². The minimum atomic E-state index is -1.02. The number of ether oxygens (including phenoxy) is 3. The lowest BCUT2D eigenvalue weighted by atomic mass is 10.2. The van der Waals surface area contributed by atoms with E-state index in [0.29, 0.717) is 19.4 Å². The molecule has 76 valence electrons. The van der Waals surface area contributed by atoms with Gasteiger partial charge in [-0.25, -0.2) is 9.79 Å². The Kier molecular flexibility index (Phi) is 6.36. The van der Waals surface area contributed by atoms with Crippen LogP contribution in [-0.4, -0.2) is 39.9 Å². The van der Waals surface area contributed by atoms with Gasteiger partial charge in [-0.2, -0.15) is 0 Å². The van der Waals surface area contributed by atoms with Gasteiger partial charge < -0.3 is 14.2 Å². The van der Waals surface area contributed by atoms with E-state index in [2.05, 4.69) is 4.99 Å². The van der Waals surface area contributed by atoms with Crippen LogP contribution in [0.3, 0.4) is 0 Å². The number of isocyanates is 1. The Balaban J connectivity index is 3.87. The lowest BCUT2D eigenvalue weighted by Crippen LogP contribution is -2.35. The minimum Gasteiger partial charge on any atom is -0.331 e. The van der Waals surface area contributed by atoms with E-state index in [1.807, 2.05) is 0 Å². The monoisotopic (exact) mass is 189 g/mol. The zero-order valence-electron chi connectivity index (χ0n) is 8.20. The number of carbonyl (C=O) groups excluding carboxylic acids is 1. The highest BCUT2D eigenvalue weighted by molar-refractivity contribution is 5.32. The zero-order chi connectivity index (χ0) is 10.2. The smallest absolute Gasteiger partial charge is 0.282 e. The van der Waals surface area contributed by atoms with Crippen molar-refractivity contribution in [2.75, 3.05) is 27.9 Å². The Labute approximate surface area is 77.7 Å². The van der Waals surface area contributed by atoms with Crippen LogP contribution >= 0.6 is 0 Å². The van der Waals surface area contributed by atoms with E-state index in [-0.39, 0.29) is 0 Å². The van der Waals surface area contributed by atoms with Gasteiger partial charge in [-0.3, -0.25) is 0 Å². The molecule has 0 radical (unpaired) electrons. The molecule has 0 atom stereocenters. The Morgan fingerprint density at radius 2 is 1.77 bits per heavy atom. The number of nitrogens with zero attached hydrogens (tertiary/aromatic N) is 1. The fraction of sp³-hybridized carbons (Fsp3) is 0.875. The third-order valence-electron chi connectivity index (χ3n) is 1.75. The van der Waals surface area contributed by atoms with E-state index in [1.165, 1.54) is 27.4 Å². The van der Waals surface area contributed by atoms with Crippen molar-refractivity contribution >= 4 is 6.08 Å². The Hall–Kier alpha value is -0.740. The van der Waals surface area contributed by atoms with Gasteiger partial charge in [0.05, 0.1) is 6.54 Å². The highest BCUT2D eigenvalue weighted by atomic mass is 16.9. The predicted octanol–water partition coefficient (Wildman–Crippen LogP) is 0.695. The third kappa shape index (κ3) is 4.15. The molecule has 0 amide bonds. The van der Waals surface area contributed by atoms with Crippen molar-refractivity contribution in [3.63, 3.8) is 0 Å². The molecule has 0 saturated heterocycles. The van der Waals surface area contributed by atoms with Crippen LogP contribution in [0.15, 0.2) is 4.99 Å². The quantitative estimate of drug-likeness (QED) is 0.256. The first-order valence-electron chi connectivity index (χ1n) is 3.93. The van der Waals surface area contributed by atoms with E-state index in [9.17, 15) is 4.79 Å². The molecule has 0 heterocycles. The molecular weight excluding hydrogens is 174 g/mol. The maximum atomic E-state index is 9.75. The molecule has 0 saturated carbocycles. The molecule has 13 heavy (non-hydrogen) atoms. The van der Waals surface area contributed by atoms with Crippen molar-refractivity contribution in [2.45, 2.75) is 18.8 Å². The molecule has 0 aromatic rings. The Morgan fingerprint density at radius 1 is 1.23 bits per heavy atom. The Bertz CT molecular complexity index is 165. The molecule has 5 nitrogen and oxygen atoms in total. The van der Waals surface area contributed by atoms with Crippen molar-refractivity contribution in [1.82, 2.24) is 0 Å². The zero-order valence-corrected chi connectivity index (χ0v) is 8.20. The summed E-state index contributed by atoms with van der Waals surface area (Å²) in [6, 6.07) is 0. The molecule has 0 aliphatic rings. The van der Waals surface area contributed by atoms with Gasteiger partial charge >= 0.3 is 0 Å². The largest absolute Gasteiger partial charge is 0.331 e. The maximum absolute atomic E-state index is 9.75. The van der Waals surface area contributed by atoms with Crippen molar-refractivity contribution in [3.8, 4) is 0 Å². The van der Waals surface area contributed by atoms with E-state index in [0.717, 1.165) is 0 Å². The van der Waals surface area contributed by atoms with Crippen molar-refractivity contribution < 1.29 is 19.0 Å². The summed E-state index contributed by atoms with van der Waals surface area (Å²) in [7, 11) is 4.49. The predicted molar refractivity (Wildman–Crippen MR) is 46.0 cm³/mol. The SMILES string of the molecule is COC(CCCN=C=O)(OC)OC. The number of hydrogen-bond donors (Lipinski definition) is 0. The Morgan fingerprint density at radius 3 is 2.15 bits per heavy atom. The second-order valence-electron chi connectivity index (χ2n) is 2.37. The first kappa shape index (κ1) is 12.3. The van der Waals surface area contributed by atoms with E-state index in [1.54, 1.807) is 0 Å².